The lowest BCUT2D eigenvalue weighted by Gasteiger charge is -2.09. The lowest BCUT2D eigenvalue weighted by atomic mass is 10.1. The average Bonchev–Trinajstić information content (AvgIpc) is 3.10. The normalized spacial score (nSPS) is 15.4. The monoisotopic (exact) mass is 336 g/mol. The number of carbonyl (C=O) groups excluding carboxylic acids is 1. The third-order valence-electron chi connectivity index (χ3n) is 5.10. The van der Waals surface area contributed by atoms with Crippen LogP contribution in [0.2, 0.25) is 0 Å². The van der Waals surface area contributed by atoms with E-state index in [2.05, 4.69) is 19.1 Å². The zero-order chi connectivity index (χ0) is 17.3. The molecule has 0 aromatic heterocycles. The van der Waals surface area contributed by atoms with Gasteiger partial charge < -0.3 is 4.74 Å². The minimum absolute atomic E-state index is 0.0212. The summed E-state index contributed by atoms with van der Waals surface area (Å²) in [6, 6.07) is 0. The highest BCUT2D eigenvalue weighted by Crippen LogP contribution is 2.24. The molecule has 0 N–H and O–H groups in total. The molecule has 24 heavy (non-hydrogen) atoms. The van der Waals surface area contributed by atoms with Crippen molar-refractivity contribution in [2.75, 3.05) is 6.61 Å². The van der Waals surface area contributed by atoms with Gasteiger partial charge >= 0.3 is 5.97 Å². The molecule has 0 saturated heterocycles. The molecular weight excluding hydrogens is 296 g/mol. The highest BCUT2D eigenvalue weighted by atomic mass is 16.5. The van der Waals surface area contributed by atoms with E-state index in [4.69, 9.17) is 4.74 Å². The van der Waals surface area contributed by atoms with Crippen LogP contribution in [0.1, 0.15) is 110 Å². The SMILES string of the molecule is CCCCCC/C=C\CCCCCCCC(=O)OCC1CCCC1. The molecule has 0 aromatic rings. The van der Waals surface area contributed by atoms with Gasteiger partial charge in [-0.3, -0.25) is 4.79 Å². The van der Waals surface area contributed by atoms with Crippen LogP contribution in [-0.2, 0) is 9.53 Å². The van der Waals surface area contributed by atoms with Crippen LogP contribution >= 0.6 is 0 Å². The van der Waals surface area contributed by atoms with Crippen molar-refractivity contribution >= 4 is 5.97 Å². The lowest BCUT2D eigenvalue weighted by Crippen LogP contribution is -2.11. The predicted molar refractivity (Wildman–Crippen MR) is 103 cm³/mol. The Morgan fingerprint density at radius 2 is 1.46 bits per heavy atom. The summed E-state index contributed by atoms with van der Waals surface area (Å²) in [5, 5.41) is 0. The molecule has 1 fully saturated rings. The molecule has 0 unspecified atom stereocenters. The summed E-state index contributed by atoms with van der Waals surface area (Å²) in [6.07, 6.45) is 24.3. The number of hydrogen-bond donors (Lipinski definition) is 0. The van der Waals surface area contributed by atoms with E-state index < -0.39 is 0 Å². The maximum Gasteiger partial charge on any atom is 0.305 e. The molecule has 0 atom stereocenters. The first-order valence-corrected chi connectivity index (χ1v) is 10.6. The molecule has 0 heterocycles. The molecule has 0 spiro atoms. The summed E-state index contributed by atoms with van der Waals surface area (Å²) in [6.45, 7) is 2.93. The van der Waals surface area contributed by atoms with Gasteiger partial charge in [0.25, 0.3) is 0 Å². The van der Waals surface area contributed by atoms with Crippen molar-refractivity contribution in [1.29, 1.82) is 0 Å². The molecule has 0 radical (unpaired) electrons. The number of esters is 1. The first-order chi connectivity index (χ1) is 11.8. The molecule has 140 valence electrons. The summed E-state index contributed by atoms with van der Waals surface area (Å²) < 4.78 is 5.38. The summed E-state index contributed by atoms with van der Waals surface area (Å²) >= 11 is 0. The number of carbonyl (C=O) groups is 1. The third-order valence-corrected chi connectivity index (χ3v) is 5.10. The van der Waals surface area contributed by atoms with Gasteiger partial charge in [-0.2, -0.15) is 0 Å². The Bertz CT molecular complexity index is 316. The van der Waals surface area contributed by atoms with Crippen molar-refractivity contribution in [1.82, 2.24) is 0 Å². The molecular formula is C22H40O2. The Kier molecular flexibility index (Phi) is 13.9. The fourth-order valence-electron chi connectivity index (χ4n) is 3.45. The first kappa shape index (κ1) is 21.3. The van der Waals surface area contributed by atoms with Crippen molar-refractivity contribution in [2.24, 2.45) is 5.92 Å². The highest BCUT2D eigenvalue weighted by molar-refractivity contribution is 5.69. The first-order valence-electron chi connectivity index (χ1n) is 10.6. The Labute approximate surface area is 150 Å². The van der Waals surface area contributed by atoms with Crippen LogP contribution < -0.4 is 0 Å². The minimum atomic E-state index is 0.0212. The summed E-state index contributed by atoms with van der Waals surface area (Å²) in [4.78, 5) is 11.7. The summed E-state index contributed by atoms with van der Waals surface area (Å²) in [7, 11) is 0. The van der Waals surface area contributed by atoms with Crippen LogP contribution in [0.3, 0.4) is 0 Å². The van der Waals surface area contributed by atoms with E-state index in [1.54, 1.807) is 0 Å². The number of hydrogen-bond acceptors (Lipinski definition) is 2. The summed E-state index contributed by atoms with van der Waals surface area (Å²) in [5.74, 6) is 0.668. The number of unbranched alkanes of at least 4 members (excludes halogenated alkanes) is 9. The fraction of sp³-hybridized carbons (Fsp3) is 0.864. The maximum absolute atomic E-state index is 11.7. The van der Waals surface area contributed by atoms with Crippen LogP contribution in [0.4, 0.5) is 0 Å². The van der Waals surface area contributed by atoms with Gasteiger partial charge in [-0.15, -0.1) is 0 Å². The van der Waals surface area contributed by atoms with Gasteiger partial charge in [-0.1, -0.05) is 70.4 Å². The van der Waals surface area contributed by atoms with E-state index in [1.807, 2.05) is 0 Å². The topological polar surface area (TPSA) is 26.3 Å². The second-order valence-electron chi connectivity index (χ2n) is 7.46. The zero-order valence-electron chi connectivity index (χ0n) is 16.1. The van der Waals surface area contributed by atoms with Crippen molar-refractivity contribution in [3.8, 4) is 0 Å². The van der Waals surface area contributed by atoms with Crippen LogP contribution in [0.5, 0.6) is 0 Å². The number of rotatable bonds is 15. The van der Waals surface area contributed by atoms with Gasteiger partial charge in [0.1, 0.15) is 0 Å². The van der Waals surface area contributed by atoms with Gasteiger partial charge in [0, 0.05) is 6.42 Å². The van der Waals surface area contributed by atoms with Crippen LogP contribution in [0.25, 0.3) is 0 Å². The molecule has 1 aliphatic rings. The minimum Gasteiger partial charge on any atom is -0.465 e. The Morgan fingerprint density at radius 1 is 0.875 bits per heavy atom. The van der Waals surface area contributed by atoms with Crippen molar-refractivity contribution in [2.45, 2.75) is 110 Å². The van der Waals surface area contributed by atoms with Crippen LogP contribution in [-0.4, -0.2) is 12.6 Å². The Balaban J connectivity index is 1.78. The molecule has 1 aliphatic carbocycles. The van der Waals surface area contributed by atoms with Gasteiger partial charge in [-0.25, -0.2) is 0 Å². The maximum atomic E-state index is 11.7. The van der Waals surface area contributed by atoms with Crippen molar-refractivity contribution in [3.63, 3.8) is 0 Å². The standard InChI is InChI=1S/C22H40O2/c1-2-3-4-5-6-7-8-9-10-11-12-13-14-19-22(23)24-20-21-17-15-16-18-21/h7-8,21H,2-6,9-20H2,1H3/b8-7-. The Hall–Kier alpha value is -0.790. The van der Waals surface area contributed by atoms with Crippen LogP contribution in [0.15, 0.2) is 12.2 Å². The Morgan fingerprint density at radius 3 is 2.12 bits per heavy atom. The van der Waals surface area contributed by atoms with Gasteiger partial charge in [0.05, 0.1) is 6.61 Å². The second-order valence-corrected chi connectivity index (χ2v) is 7.46. The second kappa shape index (κ2) is 15.7. The van der Waals surface area contributed by atoms with Crippen molar-refractivity contribution in [3.05, 3.63) is 12.2 Å². The van der Waals surface area contributed by atoms with Crippen LogP contribution in [0, 0.1) is 5.92 Å². The quantitative estimate of drug-likeness (QED) is 0.183. The van der Waals surface area contributed by atoms with E-state index in [0.29, 0.717) is 18.9 Å². The molecule has 0 amide bonds. The number of allylic oxidation sites excluding steroid dienone is 2. The van der Waals surface area contributed by atoms with E-state index in [1.165, 1.54) is 89.9 Å². The smallest absolute Gasteiger partial charge is 0.305 e. The zero-order valence-corrected chi connectivity index (χ0v) is 16.1. The molecule has 2 heteroatoms. The largest absolute Gasteiger partial charge is 0.465 e. The highest BCUT2D eigenvalue weighted by Gasteiger charge is 2.16. The third kappa shape index (κ3) is 12.6. The van der Waals surface area contributed by atoms with E-state index in [9.17, 15) is 4.79 Å². The van der Waals surface area contributed by atoms with E-state index in [0.717, 1.165) is 6.42 Å². The molecule has 1 saturated carbocycles. The molecule has 0 aliphatic heterocycles. The predicted octanol–water partition coefficient (Wildman–Crippen LogP) is 6.98. The van der Waals surface area contributed by atoms with E-state index in [-0.39, 0.29) is 5.97 Å². The lowest BCUT2D eigenvalue weighted by molar-refractivity contribution is -0.145. The van der Waals surface area contributed by atoms with E-state index >= 15 is 0 Å². The molecule has 0 aromatic carbocycles. The fourth-order valence-corrected chi connectivity index (χ4v) is 3.45. The van der Waals surface area contributed by atoms with Crippen molar-refractivity contribution < 1.29 is 9.53 Å². The van der Waals surface area contributed by atoms with Gasteiger partial charge in [-0.05, 0) is 50.9 Å². The average molecular weight is 337 g/mol. The molecule has 0 bridgehead atoms. The summed E-state index contributed by atoms with van der Waals surface area (Å²) in [5.41, 5.74) is 0. The van der Waals surface area contributed by atoms with Gasteiger partial charge in [0.15, 0.2) is 0 Å². The molecule has 1 rings (SSSR count). The molecule has 2 nitrogen and oxygen atoms in total. The number of ether oxygens (including phenoxy) is 1. The van der Waals surface area contributed by atoms with Gasteiger partial charge in [0.2, 0.25) is 0 Å².